The minimum Gasteiger partial charge on any atom is -0.490 e. The lowest BCUT2D eigenvalue weighted by Gasteiger charge is -2.17. The van der Waals surface area contributed by atoms with Crippen molar-refractivity contribution in [2.45, 2.75) is 39.3 Å². The largest absolute Gasteiger partial charge is 0.490 e. The average molecular weight is 469 g/mol. The number of nitrogens with one attached hydrogen (secondary N) is 1. The van der Waals surface area contributed by atoms with Crippen molar-refractivity contribution in [3.63, 3.8) is 0 Å². The van der Waals surface area contributed by atoms with Gasteiger partial charge >= 0.3 is 0 Å². The van der Waals surface area contributed by atoms with Gasteiger partial charge in [-0.2, -0.15) is 0 Å². The number of amides is 1. The number of hydrogen-bond donors (Lipinski definition) is 1. The van der Waals surface area contributed by atoms with E-state index in [2.05, 4.69) is 5.32 Å². The molecule has 0 atom stereocenters. The quantitative estimate of drug-likeness (QED) is 0.459. The first kappa shape index (κ1) is 23.6. The van der Waals surface area contributed by atoms with E-state index in [4.69, 9.17) is 32.7 Å². The van der Waals surface area contributed by atoms with Crippen LogP contribution in [0.5, 0.6) is 11.5 Å². The third-order valence-electron chi connectivity index (χ3n) is 5.08. The number of halogens is 3. The first-order valence-electron chi connectivity index (χ1n) is 10.5. The molecule has 2 aromatic carbocycles. The van der Waals surface area contributed by atoms with Crippen LogP contribution in [-0.2, 0) is 17.9 Å². The molecule has 8 heteroatoms. The number of ether oxygens (including phenoxy) is 2. The minimum absolute atomic E-state index is 0.169. The summed E-state index contributed by atoms with van der Waals surface area (Å²) in [6, 6.07) is 7.78. The Morgan fingerprint density at radius 3 is 2.58 bits per heavy atom. The monoisotopic (exact) mass is 468 g/mol. The van der Waals surface area contributed by atoms with Crippen molar-refractivity contribution in [1.29, 1.82) is 0 Å². The van der Waals surface area contributed by atoms with Crippen LogP contribution in [0.4, 0.5) is 4.39 Å². The lowest BCUT2D eigenvalue weighted by molar-refractivity contribution is -0.127. The molecular weight excluding hydrogens is 442 g/mol. The highest BCUT2D eigenvalue weighted by Crippen LogP contribution is 2.34. The van der Waals surface area contributed by atoms with E-state index in [0.29, 0.717) is 46.7 Å². The van der Waals surface area contributed by atoms with Crippen LogP contribution >= 0.6 is 23.2 Å². The number of carbonyl (C=O) groups is 1. The summed E-state index contributed by atoms with van der Waals surface area (Å²) >= 11 is 12.5. The molecule has 0 spiro atoms. The van der Waals surface area contributed by atoms with Gasteiger partial charge in [-0.1, -0.05) is 29.3 Å². The summed E-state index contributed by atoms with van der Waals surface area (Å²) in [5.41, 5.74) is 1.57. The Bertz CT molecular complexity index is 911. The van der Waals surface area contributed by atoms with E-state index in [-0.39, 0.29) is 12.5 Å². The molecule has 1 saturated heterocycles. The Hall–Kier alpha value is -2.02. The third kappa shape index (κ3) is 6.73. The molecule has 1 heterocycles. The molecule has 168 valence electrons. The first-order chi connectivity index (χ1) is 15.0. The Morgan fingerprint density at radius 2 is 1.87 bits per heavy atom. The van der Waals surface area contributed by atoms with Gasteiger partial charge in [0.1, 0.15) is 12.4 Å². The molecule has 1 aliphatic rings. The van der Waals surface area contributed by atoms with Gasteiger partial charge in [-0.3, -0.25) is 4.79 Å². The summed E-state index contributed by atoms with van der Waals surface area (Å²) in [6.45, 7) is 5.55. The van der Waals surface area contributed by atoms with Crippen molar-refractivity contribution >= 4 is 29.1 Å². The highest BCUT2D eigenvalue weighted by Gasteiger charge is 2.19. The standard InChI is InChI=1S/C23H27Cl2FN2O3/c1-2-30-21-11-17(14-27-8-4-10-28-9-3-5-23(28)29)20(25)13-22(21)31-15-16-6-7-18(26)12-19(16)24/h6-7,11-13,27H,2-5,8-10,14-15H2,1H3. The third-order valence-corrected chi connectivity index (χ3v) is 5.78. The molecule has 1 amide bonds. The van der Waals surface area contributed by atoms with Crippen LogP contribution in [0.25, 0.3) is 0 Å². The summed E-state index contributed by atoms with van der Waals surface area (Å²) in [4.78, 5) is 13.6. The highest BCUT2D eigenvalue weighted by molar-refractivity contribution is 6.31. The summed E-state index contributed by atoms with van der Waals surface area (Å²) in [7, 11) is 0. The predicted molar refractivity (Wildman–Crippen MR) is 121 cm³/mol. The van der Waals surface area contributed by atoms with Gasteiger partial charge in [0.25, 0.3) is 0 Å². The van der Waals surface area contributed by atoms with Crippen molar-refractivity contribution in [2.24, 2.45) is 0 Å². The molecule has 0 saturated carbocycles. The van der Waals surface area contributed by atoms with Gasteiger partial charge in [-0.15, -0.1) is 0 Å². The van der Waals surface area contributed by atoms with Gasteiger partial charge in [-0.25, -0.2) is 4.39 Å². The number of likely N-dealkylation sites (tertiary alicyclic amines) is 1. The van der Waals surface area contributed by atoms with Crippen molar-refractivity contribution in [1.82, 2.24) is 10.2 Å². The van der Waals surface area contributed by atoms with Crippen LogP contribution in [0.3, 0.4) is 0 Å². The van der Waals surface area contributed by atoms with E-state index in [1.165, 1.54) is 12.1 Å². The second kappa shape index (κ2) is 11.6. The molecule has 3 rings (SSSR count). The molecule has 0 unspecified atom stereocenters. The Morgan fingerprint density at radius 1 is 1.10 bits per heavy atom. The van der Waals surface area contributed by atoms with Crippen molar-refractivity contribution < 1.29 is 18.7 Å². The fourth-order valence-electron chi connectivity index (χ4n) is 3.45. The molecule has 0 bridgehead atoms. The maximum atomic E-state index is 13.2. The number of hydrogen-bond acceptors (Lipinski definition) is 4. The summed E-state index contributed by atoms with van der Waals surface area (Å²) in [5, 5.41) is 4.24. The average Bonchev–Trinajstić information content (AvgIpc) is 3.14. The molecule has 2 aromatic rings. The number of nitrogens with zero attached hydrogens (tertiary/aromatic N) is 1. The lowest BCUT2D eigenvalue weighted by atomic mass is 10.2. The maximum Gasteiger partial charge on any atom is 0.222 e. The van der Waals surface area contributed by atoms with E-state index < -0.39 is 5.82 Å². The van der Waals surface area contributed by atoms with Crippen molar-refractivity contribution in [3.05, 3.63) is 57.3 Å². The Balaban J connectivity index is 1.56. The SMILES string of the molecule is CCOc1cc(CNCCCN2CCCC2=O)c(Cl)cc1OCc1ccc(F)cc1Cl. The molecule has 1 aliphatic heterocycles. The predicted octanol–water partition coefficient (Wildman–Crippen LogP) is 5.21. The topological polar surface area (TPSA) is 50.8 Å². The van der Waals surface area contributed by atoms with Crippen LogP contribution in [0.1, 0.15) is 37.3 Å². The maximum absolute atomic E-state index is 13.2. The molecule has 0 aliphatic carbocycles. The van der Waals surface area contributed by atoms with E-state index in [9.17, 15) is 9.18 Å². The van der Waals surface area contributed by atoms with Gasteiger partial charge in [0.05, 0.1) is 11.6 Å². The molecule has 1 N–H and O–H groups in total. The number of benzene rings is 2. The van der Waals surface area contributed by atoms with Crippen LogP contribution in [0.2, 0.25) is 10.0 Å². The Labute approximate surface area is 192 Å². The van der Waals surface area contributed by atoms with Crippen molar-refractivity contribution in [3.8, 4) is 11.5 Å². The zero-order chi connectivity index (χ0) is 22.2. The number of carbonyl (C=O) groups excluding carboxylic acids is 1. The fraction of sp³-hybridized carbons (Fsp3) is 0.435. The second-order valence-corrected chi connectivity index (χ2v) is 8.18. The van der Waals surface area contributed by atoms with Gasteiger partial charge < -0.3 is 19.7 Å². The molecular formula is C23H27Cl2FN2O3. The van der Waals surface area contributed by atoms with Gasteiger partial charge in [0.15, 0.2) is 11.5 Å². The fourth-order valence-corrected chi connectivity index (χ4v) is 3.89. The van der Waals surface area contributed by atoms with Crippen LogP contribution in [0, 0.1) is 5.82 Å². The molecule has 31 heavy (non-hydrogen) atoms. The summed E-state index contributed by atoms with van der Waals surface area (Å²) in [5.74, 6) is 0.950. The zero-order valence-corrected chi connectivity index (χ0v) is 19.1. The van der Waals surface area contributed by atoms with Crippen LogP contribution < -0.4 is 14.8 Å². The van der Waals surface area contributed by atoms with Gasteiger partial charge in [-0.05, 0) is 50.1 Å². The smallest absolute Gasteiger partial charge is 0.222 e. The second-order valence-electron chi connectivity index (χ2n) is 7.36. The zero-order valence-electron chi connectivity index (χ0n) is 17.6. The van der Waals surface area contributed by atoms with Crippen LogP contribution in [-0.4, -0.2) is 37.0 Å². The van der Waals surface area contributed by atoms with E-state index in [0.717, 1.165) is 38.0 Å². The molecule has 0 aromatic heterocycles. The Kier molecular flexibility index (Phi) is 8.81. The molecule has 0 radical (unpaired) electrons. The highest BCUT2D eigenvalue weighted by atomic mass is 35.5. The van der Waals surface area contributed by atoms with E-state index >= 15 is 0 Å². The minimum atomic E-state index is -0.393. The van der Waals surface area contributed by atoms with E-state index in [1.807, 2.05) is 17.9 Å². The number of rotatable bonds is 11. The van der Waals surface area contributed by atoms with Crippen molar-refractivity contribution in [2.75, 3.05) is 26.2 Å². The molecule has 1 fully saturated rings. The first-order valence-corrected chi connectivity index (χ1v) is 11.2. The van der Waals surface area contributed by atoms with E-state index in [1.54, 1.807) is 12.1 Å². The van der Waals surface area contributed by atoms with Gasteiger partial charge in [0.2, 0.25) is 5.91 Å². The normalized spacial score (nSPS) is 13.7. The molecule has 5 nitrogen and oxygen atoms in total. The summed E-state index contributed by atoms with van der Waals surface area (Å²) in [6.07, 6.45) is 2.52. The van der Waals surface area contributed by atoms with Crippen LogP contribution in [0.15, 0.2) is 30.3 Å². The lowest BCUT2D eigenvalue weighted by Crippen LogP contribution is -2.28. The van der Waals surface area contributed by atoms with Gasteiger partial charge in [0, 0.05) is 42.7 Å². The summed E-state index contributed by atoms with van der Waals surface area (Å²) < 4.78 is 24.8.